The first kappa shape index (κ1) is 21.6. The lowest BCUT2D eigenvalue weighted by Crippen LogP contribution is -2.31. The summed E-state index contributed by atoms with van der Waals surface area (Å²) in [5.74, 6) is -1.97. The van der Waals surface area contributed by atoms with Crippen molar-refractivity contribution in [2.75, 3.05) is 18.5 Å². The van der Waals surface area contributed by atoms with E-state index in [1.54, 1.807) is 6.92 Å². The number of benzene rings is 1. The van der Waals surface area contributed by atoms with Crippen LogP contribution in [-0.2, 0) is 9.53 Å². The van der Waals surface area contributed by atoms with Gasteiger partial charge in [0.05, 0.1) is 28.2 Å². The number of hydrogen-bond donors (Lipinski definition) is 1. The van der Waals surface area contributed by atoms with Gasteiger partial charge >= 0.3 is 5.97 Å². The number of ether oxygens (including phenoxy) is 1. The van der Waals surface area contributed by atoms with Crippen LogP contribution in [-0.4, -0.2) is 51.6 Å². The molecule has 0 saturated carbocycles. The maximum atomic E-state index is 12.4. The molecule has 1 N–H and O–H groups in total. The third kappa shape index (κ3) is 4.71. The number of imide groups is 1. The van der Waals surface area contributed by atoms with Crippen LogP contribution < -0.4 is 5.32 Å². The number of nitro benzene ring substituents is 1. The predicted molar refractivity (Wildman–Crippen MR) is 107 cm³/mol. The molecule has 0 atom stereocenters. The Bertz CT molecular complexity index is 1080. The van der Waals surface area contributed by atoms with Crippen LogP contribution >= 0.6 is 0 Å². The van der Waals surface area contributed by atoms with E-state index >= 15 is 0 Å². The van der Waals surface area contributed by atoms with Crippen molar-refractivity contribution in [2.45, 2.75) is 19.8 Å². The van der Waals surface area contributed by atoms with Crippen LogP contribution in [0.3, 0.4) is 0 Å². The van der Waals surface area contributed by atoms with Crippen molar-refractivity contribution in [3.63, 3.8) is 0 Å². The van der Waals surface area contributed by atoms with Crippen molar-refractivity contribution < 1.29 is 28.8 Å². The van der Waals surface area contributed by atoms with Gasteiger partial charge in [-0.2, -0.15) is 0 Å². The van der Waals surface area contributed by atoms with Gasteiger partial charge in [0.25, 0.3) is 17.5 Å². The molecule has 2 heterocycles. The molecule has 2 aromatic rings. The number of esters is 1. The van der Waals surface area contributed by atoms with Gasteiger partial charge in [0.2, 0.25) is 5.91 Å². The average molecular weight is 426 g/mol. The molecule has 1 aliphatic rings. The monoisotopic (exact) mass is 426 g/mol. The summed E-state index contributed by atoms with van der Waals surface area (Å²) < 4.78 is 4.89. The molecule has 0 unspecified atom stereocenters. The molecule has 3 amide bonds. The van der Waals surface area contributed by atoms with Crippen molar-refractivity contribution in [2.24, 2.45) is 0 Å². The molecule has 1 aliphatic heterocycles. The van der Waals surface area contributed by atoms with E-state index in [0.29, 0.717) is 0 Å². The standard InChI is InChI=1S/C20H18N4O7/c1-2-31-20(28)12-7-8-21-16(10-12)22-17(25)4-3-9-23-18(26)14-6-5-13(24(29)30)11-15(14)19(23)27/h5-8,10-11H,2-4,9H2,1H3,(H,21,22,25). The molecular weight excluding hydrogens is 408 g/mol. The number of carbonyl (C=O) groups excluding carboxylic acids is 4. The highest BCUT2D eigenvalue weighted by molar-refractivity contribution is 6.21. The van der Waals surface area contributed by atoms with E-state index < -0.39 is 28.6 Å². The molecule has 1 aromatic carbocycles. The molecule has 0 spiro atoms. The summed E-state index contributed by atoms with van der Waals surface area (Å²) in [6.07, 6.45) is 1.52. The van der Waals surface area contributed by atoms with E-state index in [0.717, 1.165) is 11.0 Å². The predicted octanol–water partition coefficient (Wildman–Crippen LogP) is 2.18. The smallest absolute Gasteiger partial charge is 0.338 e. The van der Waals surface area contributed by atoms with Crippen LogP contribution in [0.25, 0.3) is 0 Å². The van der Waals surface area contributed by atoms with E-state index in [1.807, 2.05) is 0 Å². The van der Waals surface area contributed by atoms with E-state index in [9.17, 15) is 29.3 Å². The number of nitro groups is 1. The van der Waals surface area contributed by atoms with Crippen LogP contribution in [0.5, 0.6) is 0 Å². The van der Waals surface area contributed by atoms with Crippen molar-refractivity contribution in [1.82, 2.24) is 9.88 Å². The van der Waals surface area contributed by atoms with Gasteiger partial charge in [-0.15, -0.1) is 0 Å². The Morgan fingerprint density at radius 2 is 1.90 bits per heavy atom. The Balaban J connectivity index is 1.56. The summed E-state index contributed by atoms with van der Waals surface area (Å²) in [5.41, 5.74) is 0.0367. The second-order valence-corrected chi connectivity index (χ2v) is 6.55. The highest BCUT2D eigenvalue weighted by atomic mass is 16.6. The van der Waals surface area contributed by atoms with Gasteiger partial charge in [-0.1, -0.05) is 0 Å². The third-order valence-electron chi connectivity index (χ3n) is 4.49. The molecule has 0 fully saturated rings. The lowest BCUT2D eigenvalue weighted by Gasteiger charge is -2.13. The summed E-state index contributed by atoms with van der Waals surface area (Å²) in [6, 6.07) is 6.33. The van der Waals surface area contributed by atoms with Gasteiger partial charge in [-0.05, 0) is 31.5 Å². The minimum absolute atomic E-state index is 0.0150. The molecule has 0 aliphatic carbocycles. The number of aromatic nitrogens is 1. The van der Waals surface area contributed by atoms with Gasteiger partial charge in [0.15, 0.2) is 0 Å². The largest absolute Gasteiger partial charge is 0.462 e. The zero-order valence-corrected chi connectivity index (χ0v) is 16.5. The molecule has 31 heavy (non-hydrogen) atoms. The number of nitrogens with one attached hydrogen (secondary N) is 1. The lowest BCUT2D eigenvalue weighted by molar-refractivity contribution is -0.384. The third-order valence-corrected chi connectivity index (χ3v) is 4.49. The highest BCUT2D eigenvalue weighted by Gasteiger charge is 2.36. The van der Waals surface area contributed by atoms with E-state index in [1.165, 1.54) is 30.5 Å². The zero-order valence-electron chi connectivity index (χ0n) is 16.5. The number of carbonyl (C=O) groups is 4. The summed E-state index contributed by atoms with van der Waals surface area (Å²) in [6.45, 7) is 1.87. The minimum atomic E-state index is -0.643. The number of anilines is 1. The Labute approximate surface area is 176 Å². The fourth-order valence-electron chi connectivity index (χ4n) is 3.04. The van der Waals surface area contributed by atoms with Crippen LogP contribution in [0.15, 0.2) is 36.5 Å². The van der Waals surface area contributed by atoms with Crippen LogP contribution in [0, 0.1) is 10.1 Å². The highest BCUT2D eigenvalue weighted by Crippen LogP contribution is 2.27. The first-order valence-corrected chi connectivity index (χ1v) is 9.39. The van der Waals surface area contributed by atoms with Crippen LogP contribution in [0.1, 0.15) is 50.8 Å². The lowest BCUT2D eigenvalue weighted by atomic mass is 10.1. The Morgan fingerprint density at radius 3 is 2.61 bits per heavy atom. The molecule has 0 saturated heterocycles. The van der Waals surface area contributed by atoms with Crippen LogP contribution in [0.4, 0.5) is 11.5 Å². The van der Waals surface area contributed by atoms with Crippen molar-refractivity contribution >= 4 is 35.2 Å². The quantitative estimate of drug-likeness (QED) is 0.292. The first-order chi connectivity index (χ1) is 14.8. The fraction of sp³-hybridized carbons (Fsp3) is 0.250. The molecule has 11 nitrogen and oxygen atoms in total. The van der Waals surface area contributed by atoms with E-state index in [4.69, 9.17) is 4.74 Å². The molecule has 160 valence electrons. The molecular formula is C20H18N4O7. The normalized spacial score (nSPS) is 12.5. The Hall–Kier alpha value is -4.15. The summed E-state index contributed by atoms with van der Waals surface area (Å²) >= 11 is 0. The number of non-ortho nitro benzene ring substituents is 1. The Morgan fingerprint density at radius 1 is 1.16 bits per heavy atom. The van der Waals surface area contributed by atoms with Gasteiger partial charge in [0.1, 0.15) is 5.82 Å². The summed E-state index contributed by atoms with van der Waals surface area (Å²) in [4.78, 5) is 63.9. The maximum absolute atomic E-state index is 12.4. The van der Waals surface area contributed by atoms with Crippen molar-refractivity contribution in [3.05, 3.63) is 63.3 Å². The van der Waals surface area contributed by atoms with Gasteiger partial charge < -0.3 is 10.1 Å². The number of rotatable bonds is 8. The van der Waals surface area contributed by atoms with E-state index in [-0.39, 0.29) is 54.2 Å². The fourth-order valence-corrected chi connectivity index (χ4v) is 3.04. The van der Waals surface area contributed by atoms with Crippen molar-refractivity contribution in [3.8, 4) is 0 Å². The maximum Gasteiger partial charge on any atom is 0.338 e. The summed E-state index contributed by atoms with van der Waals surface area (Å²) in [7, 11) is 0. The molecule has 1 aromatic heterocycles. The van der Waals surface area contributed by atoms with Crippen LogP contribution in [0.2, 0.25) is 0 Å². The Kier molecular flexibility index (Phi) is 6.34. The average Bonchev–Trinajstić information content (AvgIpc) is 2.98. The summed E-state index contributed by atoms with van der Waals surface area (Å²) in [5, 5.41) is 13.4. The first-order valence-electron chi connectivity index (χ1n) is 9.39. The van der Waals surface area contributed by atoms with E-state index in [2.05, 4.69) is 10.3 Å². The molecule has 0 radical (unpaired) electrons. The minimum Gasteiger partial charge on any atom is -0.462 e. The molecule has 11 heteroatoms. The topological polar surface area (TPSA) is 149 Å². The number of fused-ring (bicyclic) bond motifs is 1. The van der Waals surface area contributed by atoms with Gasteiger partial charge in [0, 0.05) is 31.3 Å². The zero-order chi connectivity index (χ0) is 22.5. The number of nitrogens with zero attached hydrogens (tertiary/aromatic N) is 3. The van der Waals surface area contributed by atoms with Gasteiger partial charge in [-0.25, -0.2) is 9.78 Å². The number of hydrogen-bond acceptors (Lipinski definition) is 8. The molecule has 0 bridgehead atoms. The second kappa shape index (κ2) is 9.11. The van der Waals surface area contributed by atoms with Gasteiger partial charge in [-0.3, -0.25) is 29.4 Å². The molecule has 3 rings (SSSR count). The second-order valence-electron chi connectivity index (χ2n) is 6.55. The number of pyridine rings is 1. The van der Waals surface area contributed by atoms with Crippen molar-refractivity contribution in [1.29, 1.82) is 0 Å². The number of amides is 3. The SMILES string of the molecule is CCOC(=O)c1ccnc(NC(=O)CCCN2C(=O)c3ccc([N+](=O)[O-])cc3C2=O)c1.